The van der Waals surface area contributed by atoms with Crippen LogP contribution in [0.5, 0.6) is 0 Å². The Labute approximate surface area is 151 Å². The van der Waals surface area contributed by atoms with Crippen molar-refractivity contribution in [2.45, 2.75) is 26.8 Å². The molecule has 0 radical (unpaired) electrons. The van der Waals surface area contributed by atoms with E-state index in [2.05, 4.69) is 39.5 Å². The van der Waals surface area contributed by atoms with Crippen molar-refractivity contribution >= 4 is 29.2 Å². The van der Waals surface area contributed by atoms with Crippen LogP contribution in [0.25, 0.3) is 10.6 Å². The van der Waals surface area contributed by atoms with Crippen molar-refractivity contribution in [1.29, 1.82) is 0 Å². The molecule has 1 heterocycles. The molecule has 132 valence electrons. The van der Waals surface area contributed by atoms with E-state index in [4.69, 9.17) is 5.84 Å². The first-order chi connectivity index (χ1) is 12.1. The summed E-state index contributed by atoms with van der Waals surface area (Å²) >= 11 is 1.43. The first-order valence-electron chi connectivity index (χ1n) is 8.07. The molecule has 0 bridgehead atoms. The van der Waals surface area contributed by atoms with Gasteiger partial charge in [0, 0.05) is 12.1 Å². The van der Waals surface area contributed by atoms with E-state index >= 15 is 0 Å². The van der Waals surface area contributed by atoms with Gasteiger partial charge >= 0.3 is 0 Å². The largest absolute Gasteiger partial charge is 0.344 e. The average molecular weight is 358 g/mol. The monoisotopic (exact) mass is 358 g/mol. The van der Waals surface area contributed by atoms with E-state index in [1.165, 1.54) is 17.6 Å². The minimum Gasteiger partial charge on any atom is -0.344 e. The summed E-state index contributed by atoms with van der Waals surface area (Å²) in [5.74, 6) is 5.35. The summed E-state index contributed by atoms with van der Waals surface area (Å²) in [5.41, 5.74) is 1.09. The zero-order chi connectivity index (χ0) is 18.1. The molecule has 1 amide bonds. The maximum atomic E-state index is 12.1. The van der Waals surface area contributed by atoms with E-state index < -0.39 is 0 Å². The van der Waals surface area contributed by atoms with Crippen molar-refractivity contribution < 1.29 is 4.79 Å². The molecule has 0 aliphatic heterocycles. The SMILES string of the molecule is CCC(C)CN=C/C(=N\N)C(=O)NCc1nnc(-c2ccccc2)s1. The molecule has 0 aliphatic carbocycles. The Hall–Kier alpha value is -2.61. The van der Waals surface area contributed by atoms with Crippen LogP contribution < -0.4 is 11.2 Å². The minimum atomic E-state index is -0.383. The molecule has 0 fully saturated rings. The number of nitrogens with two attached hydrogens (primary N) is 1. The molecule has 2 aromatic rings. The lowest BCUT2D eigenvalue weighted by Crippen LogP contribution is -2.32. The highest BCUT2D eigenvalue weighted by Crippen LogP contribution is 2.22. The molecule has 0 aliphatic rings. The molecule has 1 unspecified atom stereocenters. The van der Waals surface area contributed by atoms with Crippen molar-refractivity contribution in [3.05, 3.63) is 35.3 Å². The average Bonchev–Trinajstić information content (AvgIpc) is 3.13. The fraction of sp³-hybridized carbons (Fsp3) is 0.353. The van der Waals surface area contributed by atoms with Gasteiger partial charge in [-0.3, -0.25) is 9.79 Å². The summed E-state index contributed by atoms with van der Waals surface area (Å²) in [6.07, 6.45) is 2.44. The minimum absolute atomic E-state index is 0.0936. The molecule has 1 aromatic heterocycles. The van der Waals surface area contributed by atoms with E-state index in [-0.39, 0.29) is 18.2 Å². The van der Waals surface area contributed by atoms with E-state index in [1.807, 2.05) is 30.3 Å². The molecule has 1 aromatic carbocycles. The maximum Gasteiger partial charge on any atom is 0.273 e. The quantitative estimate of drug-likeness (QED) is 0.429. The Balaban J connectivity index is 1.90. The molecule has 3 N–H and O–H groups in total. The first kappa shape index (κ1) is 18.7. The van der Waals surface area contributed by atoms with Crippen molar-refractivity contribution in [3.8, 4) is 10.6 Å². The lowest BCUT2D eigenvalue weighted by molar-refractivity contribution is -0.114. The standard InChI is InChI=1S/C17H22N6OS/c1-3-12(2)9-19-10-14(21-18)16(24)20-11-15-22-23-17(25-15)13-7-5-4-6-8-13/h4-8,10,12H,3,9,11,18H2,1-2H3,(H,20,24)/b19-10?,21-14+. The molecular formula is C17H22N6OS. The van der Waals surface area contributed by atoms with Crippen LogP contribution in [0, 0.1) is 5.92 Å². The van der Waals surface area contributed by atoms with Gasteiger partial charge in [0.25, 0.3) is 5.91 Å². The van der Waals surface area contributed by atoms with E-state index in [9.17, 15) is 4.79 Å². The van der Waals surface area contributed by atoms with Crippen molar-refractivity contribution in [2.75, 3.05) is 6.54 Å². The number of carbonyl (C=O) groups excluding carboxylic acids is 1. The number of hydrogen-bond acceptors (Lipinski definition) is 7. The third kappa shape index (κ3) is 5.75. The summed E-state index contributed by atoms with van der Waals surface area (Å²) in [6, 6.07) is 9.77. The number of nitrogens with one attached hydrogen (secondary N) is 1. The first-order valence-corrected chi connectivity index (χ1v) is 8.89. The van der Waals surface area contributed by atoms with Gasteiger partial charge in [-0.1, -0.05) is 61.9 Å². The second kappa shape index (κ2) is 9.63. The zero-order valence-electron chi connectivity index (χ0n) is 14.3. The topological polar surface area (TPSA) is 106 Å². The Kier molecular flexibility index (Phi) is 7.21. The molecule has 8 heteroatoms. The van der Waals surface area contributed by atoms with Crippen LogP contribution >= 0.6 is 11.3 Å². The van der Waals surface area contributed by atoms with Gasteiger partial charge in [-0.05, 0) is 5.92 Å². The normalized spacial score (nSPS) is 13.1. The summed E-state index contributed by atoms with van der Waals surface area (Å²) in [6.45, 7) is 5.09. The van der Waals surface area contributed by atoms with E-state index in [0.29, 0.717) is 17.5 Å². The van der Waals surface area contributed by atoms with E-state index in [0.717, 1.165) is 17.0 Å². The van der Waals surface area contributed by atoms with Crippen molar-refractivity contribution in [3.63, 3.8) is 0 Å². The number of hydrazone groups is 1. The lowest BCUT2D eigenvalue weighted by atomic mass is 10.1. The van der Waals surface area contributed by atoms with Crippen LogP contribution in [-0.2, 0) is 11.3 Å². The highest BCUT2D eigenvalue weighted by molar-refractivity contribution is 7.14. The second-order valence-electron chi connectivity index (χ2n) is 5.57. The highest BCUT2D eigenvalue weighted by atomic mass is 32.1. The molecule has 0 spiro atoms. The van der Waals surface area contributed by atoms with E-state index in [1.54, 1.807) is 0 Å². The van der Waals surface area contributed by atoms with Gasteiger partial charge in [-0.15, -0.1) is 10.2 Å². The fourth-order valence-electron chi connectivity index (χ4n) is 1.87. The van der Waals surface area contributed by atoms with Crippen LogP contribution in [0.4, 0.5) is 0 Å². The van der Waals surface area contributed by atoms with Crippen LogP contribution in [0.1, 0.15) is 25.3 Å². The lowest BCUT2D eigenvalue weighted by Gasteiger charge is -2.04. The molecule has 0 saturated heterocycles. The smallest absolute Gasteiger partial charge is 0.273 e. The Morgan fingerprint density at radius 3 is 2.80 bits per heavy atom. The molecule has 1 atom stereocenters. The number of carbonyl (C=O) groups is 1. The number of benzene rings is 1. The summed E-state index contributed by atoms with van der Waals surface area (Å²) in [5, 5.41) is 16.0. The number of hydrogen-bond donors (Lipinski definition) is 2. The van der Waals surface area contributed by atoms with Crippen LogP contribution in [0.3, 0.4) is 0 Å². The number of amides is 1. The van der Waals surface area contributed by atoms with Gasteiger partial charge in [-0.25, -0.2) is 0 Å². The number of nitrogens with zero attached hydrogens (tertiary/aromatic N) is 4. The number of rotatable bonds is 8. The predicted octanol–water partition coefficient (Wildman–Crippen LogP) is 2.25. The van der Waals surface area contributed by atoms with Gasteiger partial charge in [0.05, 0.1) is 12.8 Å². The molecule has 0 saturated carbocycles. The maximum absolute atomic E-state index is 12.1. The van der Waals surface area contributed by atoms with Gasteiger partial charge in [0.1, 0.15) is 10.0 Å². The molecule has 2 rings (SSSR count). The third-order valence-electron chi connectivity index (χ3n) is 3.59. The van der Waals surface area contributed by atoms with Crippen molar-refractivity contribution in [2.24, 2.45) is 21.9 Å². The summed E-state index contributed by atoms with van der Waals surface area (Å²) in [4.78, 5) is 16.3. The number of aliphatic imine (C=N–C) groups is 1. The predicted molar refractivity (Wildman–Crippen MR) is 102 cm³/mol. The Morgan fingerprint density at radius 2 is 2.12 bits per heavy atom. The van der Waals surface area contributed by atoms with Crippen LogP contribution in [0.15, 0.2) is 40.4 Å². The van der Waals surface area contributed by atoms with Gasteiger partial charge in [-0.2, -0.15) is 5.10 Å². The van der Waals surface area contributed by atoms with Crippen molar-refractivity contribution in [1.82, 2.24) is 15.5 Å². The van der Waals surface area contributed by atoms with Gasteiger partial charge in [0.2, 0.25) is 0 Å². The highest BCUT2D eigenvalue weighted by Gasteiger charge is 2.11. The third-order valence-corrected chi connectivity index (χ3v) is 4.56. The molecular weight excluding hydrogens is 336 g/mol. The zero-order valence-corrected chi connectivity index (χ0v) is 15.2. The molecule has 25 heavy (non-hydrogen) atoms. The fourth-order valence-corrected chi connectivity index (χ4v) is 2.65. The Morgan fingerprint density at radius 1 is 1.36 bits per heavy atom. The van der Waals surface area contributed by atoms with Gasteiger partial charge in [0.15, 0.2) is 5.71 Å². The number of aromatic nitrogens is 2. The molecule has 7 nitrogen and oxygen atoms in total. The second-order valence-corrected chi connectivity index (χ2v) is 6.63. The van der Waals surface area contributed by atoms with Crippen LogP contribution in [-0.4, -0.2) is 34.6 Å². The summed E-state index contributed by atoms with van der Waals surface area (Å²) in [7, 11) is 0. The van der Waals surface area contributed by atoms with Gasteiger partial charge < -0.3 is 11.2 Å². The summed E-state index contributed by atoms with van der Waals surface area (Å²) < 4.78 is 0. The van der Waals surface area contributed by atoms with Crippen LogP contribution in [0.2, 0.25) is 0 Å². The Bertz CT molecular complexity index is 741.